The fraction of sp³-hybridized carbons (Fsp3) is 0.476. The van der Waals surface area contributed by atoms with Crippen molar-refractivity contribution in [3.8, 4) is 0 Å². The van der Waals surface area contributed by atoms with E-state index < -0.39 is 0 Å². The minimum atomic E-state index is -0.345. The van der Waals surface area contributed by atoms with E-state index in [4.69, 9.17) is 28.9 Å². The fourth-order valence-corrected chi connectivity index (χ4v) is 3.78. The number of benzene rings is 1. The predicted octanol–water partition coefficient (Wildman–Crippen LogP) is 5.99. The molecular weight excluding hydrogens is 353 g/mol. The lowest BCUT2D eigenvalue weighted by Gasteiger charge is -2.16. The molecule has 0 spiro atoms. The standard InChI is InChI=1S/C21H27Cl2NO/c1-12(2)13(3)15(20(24)25)7-6-8-16-19(21(16,4)5)14-9-10-17(22)18(23)11-14/h6-13,16,19H,1-5H3,(H2,24,25)/b8-6+,15-7+. The van der Waals surface area contributed by atoms with Crippen LogP contribution in [0.25, 0.3) is 0 Å². The highest BCUT2D eigenvalue weighted by atomic mass is 35.5. The van der Waals surface area contributed by atoms with Crippen LogP contribution in [0.2, 0.25) is 10.0 Å². The summed E-state index contributed by atoms with van der Waals surface area (Å²) < 4.78 is 0. The molecule has 0 aliphatic heterocycles. The van der Waals surface area contributed by atoms with Gasteiger partial charge in [0.1, 0.15) is 0 Å². The maximum Gasteiger partial charge on any atom is 0.244 e. The van der Waals surface area contributed by atoms with Gasteiger partial charge in [-0.1, -0.05) is 82.1 Å². The van der Waals surface area contributed by atoms with E-state index in [1.807, 2.05) is 37.3 Å². The second-order valence-corrected chi connectivity index (χ2v) is 8.72. The maximum absolute atomic E-state index is 11.7. The van der Waals surface area contributed by atoms with E-state index in [-0.39, 0.29) is 17.2 Å². The molecule has 3 atom stereocenters. The highest BCUT2D eigenvalue weighted by molar-refractivity contribution is 6.42. The van der Waals surface area contributed by atoms with Crippen LogP contribution < -0.4 is 5.73 Å². The average Bonchev–Trinajstić information content (AvgIpc) is 3.06. The molecular formula is C21H27Cl2NO. The van der Waals surface area contributed by atoms with Gasteiger partial charge in [0, 0.05) is 5.57 Å². The smallest absolute Gasteiger partial charge is 0.244 e. The summed E-state index contributed by atoms with van der Waals surface area (Å²) in [5.41, 5.74) is 7.57. The second kappa shape index (κ2) is 7.55. The molecule has 1 aromatic carbocycles. The van der Waals surface area contributed by atoms with Crippen LogP contribution in [0.15, 0.2) is 42.0 Å². The molecule has 0 heterocycles. The number of halogens is 2. The Balaban J connectivity index is 2.19. The molecule has 2 N–H and O–H groups in total. The van der Waals surface area contributed by atoms with Gasteiger partial charge in [-0.2, -0.15) is 0 Å². The Hall–Kier alpha value is -1.25. The first-order valence-electron chi connectivity index (χ1n) is 8.70. The summed E-state index contributed by atoms with van der Waals surface area (Å²) in [5.74, 6) is 0.951. The van der Waals surface area contributed by atoms with Crippen molar-refractivity contribution in [1.29, 1.82) is 0 Å². The fourth-order valence-electron chi connectivity index (χ4n) is 3.48. The first kappa shape index (κ1) is 20.1. The molecule has 2 nitrogen and oxygen atoms in total. The number of allylic oxidation sites excluding steroid dienone is 3. The molecule has 1 saturated carbocycles. The van der Waals surface area contributed by atoms with E-state index in [0.717, 1.165) is 0 Å². The first-order valence-corrected chi connectivity index (χ1v) is 9.46. The van der Waals surface area contributed by atoms with E-state index in [1.165, 1.54) is 5.56 Å². The van der Waals surface area contributed by atoms with Gasteiger partial charge in [-0.3, -0.25) is 4.79 Å². The lowest BCUT2D eigenvalue weighted by atomic mass is 9.89. The molecule has 1 amide bonds. The molecule has 3 unspecified atom stereocenters. The average molecular weight is 380 g/mol. The third kappa shape index (κ3) is 4.30. The zero-order valence-electron chi connectivity index (χ0n) is 15.5. The van der Waals surface area contributed by atoms with Gasteiger partial charge in [-0.05, 0) is 46.8 Å². The molecule has 0 aromatic heterocycles. The Morgan fingerprint density at radius 3 is 2.36 bits per heavy atom. The number of primary amides is 1. The summed E-state index contributed by atoms with van der Waals surface area (Å²) >= 11 is 12.2. The van der Waals surface area contributed by atoms with Crippen molar-refractivity contribution >= 4 is 29.1 Å². The highest BCUT2D eigenvalue weighted by Crippen LogP contribution is 2.65. The molecule has 1 fully saturated rings. The minimum absolute atomic E-state index is 0.139. The van der Waals surface area contributed by atoms with E-state index in [0.29, 0.717) is 33.4 Å². The van der Waals surface area contributed by atoms with Crippen LogP contribution in [-0.2, 0) is 4.79 Å². The summed E-state index contributed by atoms with van der Waals surface area (Å²) in [7, 11) is 0. The Morgan fingerprint density at radius 1 is 1.20 bits per heavy atom. The van der Waals surface area contributed by atoms with Crippen molar-refractivity contribution in [2.24, 2.45) is 28.9 Å². The van der Waals surface area contributed by atoms with Crippen molar-refractivity contribution in [2.45, 2.75) is 40.5 Å². The third-order valence-electron chi connectivity index (χ3n) is 5.58. The number of nitrogens with two attached hydrogens (primary N) is 1. The van der Waals surface area contributed by atoms with Gasteiger partial charge < -0.3 is 5.73 Å². The molecule has 136 valence electrons. The monoisotopic (exact) mass is 379 g/mol. The lowest BCUT2D eigenvalue weighted by molar-refractivity contribution is -0.115. The van der Waals surface area contributed by atoms with Gasteiger partial charge in [-0.15, -0.1) is 0 Å². The van der Waals surface area contributed by atoms with Crippen molar-refractivity contribution in [1.82, 2.24) is 0 Å². The second-order valence-electron chi connectivity index (χ2n) is 7.90. The largest absolute Gasteiger partial charge is 0.366 e. The number of carbonyl (C=O) groups is 1. The maximum atomic E-state index is 11.7. The molecule has 1 aliphatic carbocycles. The van der Waals surface area contributed by atoms with Crippen molar-refractivity contribution in [3.63, 3.8) is 0 Å². The number of carbonyl (C=O) groups excluding carboxylic acids is 1. The topological polar surface area (TPSA) is 43.1 Å². The van der Waals surface area contributed by atoms with Crippen LogP contribution in [-0.4, -0.2) is 5.91 Å². The lowest BCUT2D eigenvalue weighted by Crippen LogP contribution is -2.21. The number of rotatable bonds is 6. The summed E-state index contributed by atoms with van der Waals surface area (Å²) in [5, 5.41) is 1.17. The van der Waals surface area contributed by atoms with Gasteiger partial charge in [0.2, 0.25) is 5.91 Å². The SMILES string of the molecule is CC(C)C(C)/C(=C\C=C\C1C(c2ccc(Cl)c(Cl)c2)C1(C)C)C(N)=O. The van der Waals surface area contributed by atoms with Gasteiger partial charge in [-0.25, -0.2) is 0 Å². The normalized spacial score (nSPS) is 23.9. The van der Waals surface area contributed by atoms with Crippen molar-refractivity contribution in [3.05, 3.63) is 57.6 Å². The van der Waals surface area contributed by atoms with E-state index >= 15 is 0 Å². The molecule has 0 saturated heterocycles. The van der Waals surface area contributed by atoms with Gasteiger partial charge in [0.05, 0.1) is 10.0 Å². The minimum Gasteiger partial charge on any atom is -0.366 e. The summed E-state index contributed by atoms with van der Waals surface area (Å²) in [6.45, 7) is 10.7. The molecule has 4 heteroatoms. The molecule has 1 aromatic rings. The quantitative estimate of drug-likeness (QED) is 0.478. The summed E-state index contributed by atoms with van der Waals surface area (Å²) in [6.07, 6.45) is 6.01. The Bertz CT molecular complexity index is 719. The molecule has 1 aliphatic rings. The summed E-state index contributed by atoms with van der Waals surface area (Å²) in [6, 6.07) is 5.85. The summed E-state index contributed by atoms with van der Waals surface area (Å²) in [4.78, 5) is 11.7. The zero-order valence-corrected chi connectivity index (χ0v) is 17.0. The molecule has 25 heavy (non-hydrogen) atoms. The first-order chi connectivity index (χ1) is 11.6. The van der Waals surface area contributed by atoms with Crippen LogP contribution in [0.5, 0.6) is 0 Å². The van der Waals surface area contributed by atoms with Crippen LogP contribution in [0.1, 0.15) is 46.1 Å². The molecule has 0 radical (unpaired) electrons. The van der Waals surface area contributed by atoms with Crippen LogP contribution in [0, 0.1) is 23.2 Å². The number of hydrogen-bond donors (Lipinski definition) is 1. The van der Waals surface area contributed by atoms with Gasteiger partial charge >= 0.3 is 0 Å². The number of hydrogen-bond acceptors (Lipinski definition) is 1. The van der Waals surface area contributed by atoms with Crippen LogP contribution in [0.4, 0.5) is 0 Å². The van der Waals surface area contributed by atoms with Gasteiger partial charge in [0.15, 0.2) is 0 Å². The Labute approximate surface area is 161 Å². The van der Waals surface area contributed by atoms with E-state index in [9.17, 15) is 4.79 Å². The van der Waals surface area contributed by atoms with Crippen molar-refractivity contribution in [2.75, 3.05) is 0 Å². The van der Waals surface area contributed by atoms with E-state index in [2.05, 4.69) is 33.8 Å². The number of amides is 1. The zero-order chi connectivity index (χ0) is 18.9. The highest BCUT2D eigenvalue weighted by Gasteiger charge is 2.56. The predicted molar refractivity (Wildman–Crippen MR) is 107 cm³/mol. The van der Waals surface area contributed by atoms with Crippen molar-refractivity contribution < 1.29 is 4.79 Å². The molecule has 0 bridgehead atoms. The third-order valence-corrected chi connectivity index (χ3v) is 6.32. The van der Waals surface area contributed by atoms with Crippen LogP contribution in [0.3, 0.4) is 0 Å². The molecule has 2 rings (SSSR count). The van der Waals surface area contributed by atoms with E-state index in [1.54, 1.807) is 0 Å². The Kier molecular flexibility index (Phi) is 6.06. The van der Waals surface area contributed by atoms with Gasteiger partial charge in [0.25, 0.3) is 0 Å². The van der Waals surface area contributed by atoms with Crippen LogP contribution >= 0.6 is 23.2 Å². The Morgan fingerprint density at radius 2 is 1.84 bits per heavy atom.